The number of ether oxygens (including phenoxy) is 1. The van der Waals surface area contributed by atoms with Gasteiger partial charge in [0.25, 0.3) is 0 Å². The highest BCUT2D eigenvalue weighted by atomic mass is 35.5. The number of carbonyl (C=O) groups is 1. The fourth-order valence-corrected chi connectivity index (χ4v) is 2.36. The minimum Gasteiger partial charge on any atom is -0.495 e. The summed E-state index contributed by atoms with van der Waals surface area (Å²) in [5.41, 5.74) is 1.32. The van der Waals surface area contributed by atoms with Crippen molar-refractivity contribution in [3.63, 3.8) is 0 Å². The van der Waals surface area contributed by atoms with Crippen molar-refractivity contribution in [2.75, 3.05) is 25.5 Å². The Morgan fingerprint density at radius 2 is 1.91 bits per heavy atom. The number of methoxy groups -OCH3 is 1. The third-order valence-corrected chi connectivity index (χ3v) is 3.65. The standard InChI is InChI=1S/C17H19ClN2O3/c1-23-16-9-5-4-8-14(16)19-11-17(22)20-10-15(21)12-6-2-3-7-13(12)18/h2-9,15,19,21H,10-11H2,1H3,(H,20,22)/t15-/m1/s1. The van der Waals surface area contributed by atoms with E-state index in [1.54, 1.807) is 37.4 Å². The zero-order valence-corrected chi connectivity index (χ0v) is 13.5. The Balaban J connectivity index is 1.82. The fourth-order valence-electron chi connectivity index (χ4n) is 2.09. The molecule has 2 aromatic rings. The Morgan fingerprint density at radius 3 is 2.65 bits per heavy atom. The number of halogens is 1. The Labute approximate surface area is 140 Å². The Hall–Kier alpha value is -2.24. The van der Waals surface area contributed by atoms with Gasteiger partial charge in [0.15, 0.2) is 0 Å². The molecule has 1 amide bonds. The maximum absolute atomic E-state index is 11.9. The predicted octanol–water partition coefficient (Wildman–Crippen LogP) is 2.61. The van der Waals surface area contributed by atoms with E-state index in [2.05, 4.69) is 10.6 Å². The van der Waals surface area contributed by atoms with E-state index in [-0.39, 0.29) is 19.0 Å². The van der Waals surface area contributed by atoms with Crippen molar-refractivity contribution >= 4 is 23.2 Å². The summed E-state index contributed by atoms with van der Waals surface area (Å²) in [7, 11) is 1.57. The number of hydrogen-bond acceptors (Lipinski definition) is 4. The molecule has 122 valence electrons. The highest BCUT2D eigenvalue weighted by molar-refractivity contribution is 6.31. The molecule has 0 saturated carbocycles. The second-order valence-corrected chi connectivity index (χ2v) is 5.30. The number of amides is 1. The molecule has 0 aliphatic heterocycles. The SMILES string of the molecule is COc1ccccc1NCC(=O)NC[C@@H](O)c1ccccc1Cl. The Kier molecular flexibility index (Phi) is 6.26. The number of aliphatic hydroxyl groups excluding tert-OH is 1. The van der Waals surface area contributed by atoms with Crippen LogP contribution in [0.1, 0.15) is 11.7 Å². The van der Waals surface area contributed by atoms with Crippen molar-refractivity contribution in [2.45, 2.75) is 6.10 Å². The molecule has 0 aromatic heterocycles. The van der Waals surface area contributed by atoms with Crippen molar-refractivity contribution < 1.29 is 14.6 Å². The third-order valence-electron chi connectivity index (χ3n) is 3.30. The van der Waals surface area contributed by atoms with Gasteiger partial charge in [-0.3, -0.25) is 4.79 Å². The second kappa shape index (κ2) is 8.41. The van der Waals surface area contributed by atoms with Gasteiger partial charge in [-0.05, 0) is 18.2 Å². The van der Waals surface area contributed by atoms with Crippen LogP contribution in [-0.4, -0.2) is 31.2 Å². The number of nitrogens with one attached hydrogen (secondary N) is 2. The molecule has 23 heavy (non-hydrogen) atoms. The number of benzene rings is 2. The Bertz CT molecular complexity index is 664. The maximum Gasteiger partial charge on any atom is 0.239 e. The summed E-state index contributed by atoms with van der Waals surface area (Å²) in [6.45, 7) is 0.172. The van der Waals surface area contributed by atoms with Crippen LogP contribution in [0, 0.1) is 0 Å². The molecule has 1 atom stereocenters. The average Bonchev–Trinajstić information content (AvgIpc) is 2.58. The summed E-state index contributed by atoms with van der Waals surface area (Å²) in [5, 5.41) is 16.2. The van der Waals surface area contributed by atoms with Gasteiger partial charge in [0.05, 0.1) is 25.4 Å². The van der Waals surface area contributed by atoms with Gasteiger partial charge in [0.2, 0.25) is 5.91 Å². The number of aliphatic hydroxyl groups is 1. The molecule has 3 N–H and O–H groups in total. The summed E-state index contributed by atoms with van der Waals surface area (Å²) in [6.07, 6.45) is -0.848. The quantitative estimate of drug-likeness (QED) is 0.728. The molecule has 0 heterocycles. The summed E-state index contributed by atoms with van der Waals surface area (Å²) >= 11 is 6.01. The second-order valence-electron chi connectivity index (χ2n) is 4.90. The zero-order chi connectivity index (χ0) is 16.7. The van der Waals surface area contributed by atoms with Gasteiger partial charge in [-0.15, -0.1) is 0 Å². The lowest BCUT2D eigenvalue weighted by atomic mass is 10.1. The molecule has 0 radical (unpaired) electrons. The fraction of sp³-hybridized carbons (Fsp3) is 0.235. The molecule has 6 heteroatoms. The van der Waals surface area contributed by atoms with E-state index in [1.807, 2.05) is 18.2 Å². The van der Waals surface area contributed by atoms with Crippen molar-refractivity contribution in [1.82, 2.24) is 5.32 Å². The zero-order valence-electron chi connectivity index (χ0n) is 12.8. The van der Waals surface area contributed by atoms with Crippen LogP contribution in [0.4, 0.5) is 5.69 Å². The van der Waals surface area contributed by atoms with E-state index in [9.17, 15) is 9.90 Å². The summed E-state index contributed by atoms with van der Waals surface area (Å²) in [5.74, 6) is 0.429. The van der Waals surface area contributed by atoms with E-state index in [0.717, 1.165) is 5.69 Å². The first-order valence-corrected chi connectivity index (χ1v) is 7.55. The first kappa shape index (κ1) is 17.1. The maximum atomic E-state index is 11.9. The van der Waals surface area contributed by atoms with Crippen molar-refractivity contribution in [3.05, 3.63) is 59.1 Å². The number of hydrogen-bond donors (Lipinski definition) is 3. The highest BCUT2D eigenvalue weighted by Crippen LogP contribution is 2.23. The van der Waals surface area contributed by atoms with E-state index in [4.69, 9.17) is 16.3 Å². The van der Waals surface area contributed by atoms with Crippen LogP contribution >= 0.6 is 11.6 Å². The molecule has 2 aromatic carbocycles. The van der Waals surface area contributed by atoms with E-state index >= 15 is 0 Å². The van der Waals surface area contributed by atoms with Crippen molar-refractivity contribution in [2.24, 2.45) is 0 Å². The monoisotopic (exact) mass is 334 g/mol. The smallest absolute Gasteiger partial charge is 0.239 e. The number of anilines is 1. The van der Waals surface area contributed by atoms with Gasteiger partial charge < -0.3 is 20.5 Å². The molecule has 0 unspecified atom stereocenters. The van der Waals surface area contributed by atoms with Crippen LogP contribution in [0.2, 0.25) is 5.02 Å². The lowest BCUT2D eigenvalue weighted by Gasteiger charge is -2.14. The minimum absolute atomic E-state index is 0.0790. The molecular formula is C17H19ClN2O3. The van der Waals surface area contributed by atoms with Crippen LogP contribution in [-0.2, 0) is 4.79 Å². The number of para-hydroxylation sites is 2. The molecule has 0 spiro atoms. The van der Waals surface area contributed by atoms with Crippen LogP contribution in [0.15, 0.2) is 48.5 Å². The van der Waals surface area contributed by atoms with Gasteiger partial charge in [-0.1, -0.05) is 41.9 Å². The number of carbonyl (C=O) groups excluding carboxylic acids is 1. The summed E-state index contributed by atoms with van der Waals surface area (Å²) < 4.78 is 5.20. The van der Waals surface area contributed by atoms with Crippen LogP contribution in [0.25, 0.3) is 0 Å². The third kappa shape index (κ3) is 4.87. The van der Waals surface area contributed by atoms with E-state index < -0.39 is 6.10 Å². The van der Waals surface area contributed by atoms with E-state index in [0.29, 0.717) is 16.3 Å². The van der Waals surface area contributed by atoms with Gasteiger partial charge >= 0.3 is 0 Å². The molecular weight excluding hydrogens is 316 g/mol. The topological polar surface area (TPSA) is 70.6 Å². The van der Waals surface area contributed by atoms with Crippen molar-refractivity contribution in [1.29, 1.82) is 0 Å². The van der Waals surface area contributed by atoms with Crippen LogP contribution in [0.3, 0.4) is 0 Å². The van der Waals surface area contributed by atoms with Crippen LogP contribution < -0.4 is 15.4 Å². The molecule has 0 saturated heterocycles. The molecule has 0 aliphatic rings. The lowest BCUT2D eigenvalue weighted by Crippen LogP contribution is -2.33. The number of rotatable bonds is 7. The molecule has 5 nitrogen and oxygen atoms in total. The van der Waals surface area contributed by atoms with Gasteiger partial charge in [-0.25, -0.2) is 0 Å². The first-order valence-electron chi connectivity index (χ1n) is 7.18. The van der Waals surface area contributed by atoms with E-state index in [1.165, 1.54) is 0 Å². The predicted molar refractivity (Wildman–Crippen MR) is 90.9 cm³/mol. The largest absolute Gasteiger partial charge is 0.495 e. The lowest BCUT2D eigenvalue weighted by molar-refractivity contribution is -0.119. The molecule has 0 fully saturated rings. The Morgan fingerprint density at radius 1 is 1.22 bits per heavy atom. The molecule has 0 aliphatic carbocycles. The first-order chi connectivity index (χ1) is 11.1. The van der Waals surface area contributed by atoms with Gasteiger partial charge in [0.1, 0.15) is 5.75 Å². The highest BCUT2D eigenvalue weighted by Gasteiger charge is 2.12. The van der Waals surface area contributed by atoms with Crippen molar-refractivity contribution in [3.8, 4) is 5.75 Å². The van der Waals surface area contributed by atoms with Gasteiger partial charge in [0, 0.05) is 17.1 Å². The summed E-state index contributed by atoms with van der Waals surface area (Å²) in [6, 6.07) is 14.3. The molecule has 0 bridgehead atoms. The molecule has 2 rings (SSSR count). The summed E-state index contributed by atoms with van der Waals surface area (Å²) in [4.78, 5) is 11.9. The van der Waals surface area contributed by atoms with Crippen LogP contribution in [0.5, 0.6) is 5.75 Å². The average molecular weight is 335 g/mol. The minimum atomic E-state index is -0.848. The van der Waals surface area contributed by atoms with Gasteiger partial charge in [-0.2, -0.15) is 0 Å². The normalized spacial score (nSPS) is 11.6.